The van der Waals surface area contributed by atoms with Crippen molar-refractivity contribution in [3.63, 3.8) is 0 Å². The third kappa shape index (κ3) is 3.26. The summed E-state index contributed by atoms with van der Waals surface area (Å²) in [5.41, 5.74) is 0.919. The van der Waals surface area contributed by atoms with Crippen LogP contribution in [0.4, 0.5) is 4.79 Å². The number of hydrogen-bond acceptors (Lipinski definition) is 5. The van der Waals surface area contributed by atoms with Crippen LogP contribution in [0.25, 0.3) is 11.0 Å². The lowest BCUT2D eigenvalue weighted by Crippen LogP contribution is -2.41. The first-order valence-corrected chi connectivity index (χ1v) is 8.89. The van der Waals surface area contributed by atoms with Crippen LogP contribution in [-0.4, -0.2) is 39.6 Å². The van der Waals surface area contributed by atoms with E-state index in [0.717, 1.165) is 5.46 Å². The molecule has 1 aromatic carbocycles. The van der Waals surface area contributed by atoms with Crippen LogP contribution in [-0.2, 0) is 14.0 Å². The number of nitrogens with zero attached hydrogens (tertiary/aromatic N) is 2. The molecule has 1 saturated heterocycles. The van der Waals surface area contributed by atoms with Gasteiger partial charge in [-0.2, -0.15) is 0 Å². The Morgan fingerprint density at radius 1 is 1.15 bits per heavy atom. The van der Waals surface area contributed by atoms with Crippen molar-refractivity contribution in [2.45, 2.75) is 72.2 Å². The summed E-state index contributed by atoms with van der Waals surface area (Å²) in [5, 5.41) is 0. The summed E-state index contributed by atoms with van der Waals surface area (Å²) in [4.78, 5) is 17.0. The third-order valence-corrected chi connectivity index (χ3v) is 4.95. The molecule has 1 fully saturated rings. The van der Waals surface area contributed by atoms with Crippen LogP contribution in [0.2, 0.25) is 0 Å². The van der Waals surface area contributed by atoms with Crippen LogP contribution in [0.5, 0.6) is 0 Å². The van der Waals surface area contributed by atoms with Crippen molar-refractivity contribution in [1.29, 1.82) is 0 Å². The maximum absolute atomic E-state index is 12.5. The van der Waals surface area contributed by atoms with Gasteiger partial charge in [0.1, 0.15) is 11.4 Å². The first kappa shape index (κ1) is 18.9. The predicted octanol–water partition coefficient (Wildman–Crippen LogP) is 3.43. The Bertz CT molecular complexity index is 848. The highest BCUT2D eigenvalue weighted by Crippen LogP contribution is 2.36. The zero-order chi connectivity index (χ0) is 19.5. The fraction of sp³-hybridized carbons (Fsp3) is 0.579. The van der Waals surface area contributed by atoms with Crippen LogP contribution in [0, 0.1) is 6.92 Å². The van der Waals surface area contributed by atoms with Crippen LogP contribution in [0.15, 0.2) is 18.2 Å². The molecular formula is C19H27BN2O4. The average molecular weight is 358 g/mol. The van der Waals surface area contributed by atoms with Crippen molar-refractivity contribution >= 4 is 29.7 Å². The molecular weight excluding hydrogens is 331 g/mol. The normalized spacial score (nSPS) is 19.2. The molecule has 26 heavy (non-hydrogen) atoms. The molecule has 1 aliphatic heterocycles. The molecule has 0 unspecified atom stereocenters. The van der Waals surface area contributed by atoms with Gasteiger partial charge in [0.2, 0.25) is 0 Å². The van der Waals surface area contributed by atoms with E-state index in [2.05, 4.69) is 4.98 Å². The second-order valence-electron chi connectivity index (χ2n) is 8.81. The van der Waals surface area contributed by atoms with Crippen molar-refractivity contribution in [1.82, 2.24) is 9.55 Å². The summed E-state index contributed by atoms with van der Waals surface area (Å²) >= 11 is 0. The van der Waals surface area contributed by atoms with Gasteiger partial charge in [0.15, 0.2) is 0 Å². The maximum Gasteiger partial charge on any atom is 0.494 e. The number of aromatic nitrogens is 2. The van der Waals surface area contributed by atoms with E-state index in [0.29, 0.717) is 16.9 Å². The number of hydrogen-bond donors (Lipinski definition) is 0. The Kier molecular flexibility index (Phi) is 4.24. The van der Waals surface area contributed by atoms with E-state index in [1.54, 1.807) is 6.92 Å². The molecule has 0 saturated carbocycles. The molecule has 0 atom stereocenters. The molecule has 1 aliphatic rings. The minimum absolute atomic E-state index is 0.404. The molecule has 7 heteroatoms. The maximum atomic E-state index is 12.5. The lowest BCUT2D eigenvalue weighted by molar-refractivity contribution is 0.00578. The summed E-state index contributed by atoms with van der Waals surface area (Å²) in [5.74, 6) is 0.584. The fourth-order valence-corrected chi connectivity index (χ4v) is 2.88. The van der Waals surface area contributed by atoms with Crippen LogP contribution < -0.4 is 5.46 Å². The molecule has 0 spiro atoms. The lowest BCUT2D eigenvalue weighted by atomic mass is 9.79. The average Bonchev–Trinajstić information content (AvgIpc) is 2.88. The number of benzene rings is 1. The zero-order valence-corrected chi connectivity index (χ0v) is 16.8. The molecule has 1 aromatic heterocycles. The molecule has 0 N–H and O–H groups in total. The number of fused-ring (bicyclic) bond motifs is 1. The van der Waals surface area contributed by atoms with E-state index >= 15 is 0 Å². The molecule has 2 heterocycles. The van der Waals surface area contributed by atoms with E-state index in [-0.39, 0.29) is 0 Å². The smallest absolute Gasteiger partial charge is 0.443 e. The molecule has 0 amide bonds. The minimum atomic E-state index is -0.567. The minimum Gasteiger partial charge on any atom is -0.443 e. The van der Waals surface area contributed by atoms with Crippen LogP contribution in [0.3, 0.4) is 0 Å². The summed E-state index contributed by atoms with van der Waals surface area (Å²) in [6, 6.07) is 5.68. The molecule has 2 aromatic rings. The van der Waals surface area contributed by atoms with E-state index in [1.165, 1.54) is 4.57 Å². The first-order valence-electron chi connectivity index (χ1n) is 8.89. The lowest BCUT2D eigenvalue weighted by Gasteiger charge is -2.32. The van der Waals surface area contributed by atoms with Gasteiger partial charge < -0.3 is 14.0 Å². The van der Waals surface area contributed by atoms with Crippen molar-refractivity contribution in [3.8, 4) is 0 Å². The summed E-state index contributed by atoms with van der Waals surface area (Å²) in [7, 11) is -0.462. The summed E-state index contributed by atoms with van der Waals surface area (Å²) in [6.07, 6.45) is -0.430. The molecule has 0 aliphatic carbocycles. The van der Waals surface area contributed by atoms with Gasteiger partial charge in [-0.25, -0.2) is 14.3 Å². The third-order valence-electron chi connectivity index (χ3n) is 4.95. The molecule has 0 radical (unpaired) electrons. The number of carbonyl (C=O) groups is 1. The van der Waals surface area contributed by atoms with E-state index < -0.39 is 30.0 Å². The Morgan fingerprint density at radius 3 is 2.27 bits per heavy atom. The van der Waals surface area contributed by atoms with Crippen LogP contribution >= 0.6 is 0 Å². The Labute approximate surface area is 155 Å². The van der Waals surface area contributed by atoms with E-state index in [4.69, 9.17) is 14.0 Å². The SMILES string of the molecule is Cc1nc2cc(B3OC(C)(C)C(C)(C)O3)ccc2n1C(=O)OC(C)(C)C. The van der Waals surface area contributed by atoms with Crippen molar-refractivity contribution in [2.24, 2.45) is 0 Å². The van der Waals surface area contributed by atoms with E-state index in [9.17, 15) is 4.79 Å². The summed E-state index contributed by atoms with van der Waals surface area (Å²) < 4.78 is 19.2. The number of carbonyl (C=O) groups excluding carboxylic acids is 1. The monoisotopic (exact) mass is 358 g/mol. The Hall–Kier alpha value is -1.86. The van der Waals surface area contributed by atoms with Gasteiger partial charge in [0.05, 0.1) is 22.2 Å². The molecule has 140 valence electrons. The van der Waals surface area contributed by atoms with Gasteiger partial charge in [0, 0.05) is 0 Å². The van der Waals surface area contributed by atoms with Crippen LogP contribution in [0.1, 0.15) is 54.3 Å². The highest BCUT2D eigenvalue weighted by atomic mass is 16.7. The number of ether oxygens (including phenoxy) is 1. The largest absolute Gasteiger partial charge is 0.494 e. The number of aryl methyl sites for hydroxylation is 1. The Morgan fingerprint density at radius 2 is 1.73 bits per heavy atom. The van der Waals surface area contributed by atoms with Crippen molar-refractivity contribution in [3.05, 3.63) is 24.0 Å². The molecule has 0 bridgehead atoms. The Balaban J connectivity index is 1.96. The topological polar surface area (TPSA) is 62.6 Å². The van der Waals surface area contributed by atoms with Crippen molar-refractivity contribution in [2.75, 3.05) is 0 Å². The van der Waals surface area contributed by atoms with Gasteiger partial charge in [-0.15, -0.1) is 0 Å². The second kappa shape index (κ2) is 5.82. The molecule has 6 nitrogen and oxygen atoms in total. The second-order valence-corrected chi connectivity index (χ2v) is 8.81. The quantitative estimate of drug-likeness (QED) is 0.731. The van der Waals surface area contributed by atoms with Crippen molar-refractivity contribution < 1.29 is 18.8 Å². The summed E-state index contributed by atoms with van der Waals surface area (Å²) in [6.45, 7) is 15.4. The van der Waals surface area contributed by atoms with Gasteiger partial charge in [-0.3, -0.25) is 0 Å². The number of rotatable bonds is 1. The van der Waals surface area contributed by atoms with Gasteiger partial charge in [0.25, 0.3) is 0 Å². The highest BCUT2D eigenvalue weighted by molar-refractivity contribution is 6.62. The first-order chi connectivity index (χ1) is 11.8. The van der Waals surface area contributed by atoms with Gasteiger partial charge in [-0.1, -0.05) is 6.07 Å². The van der Waals surface area contributed by atoms with Gasteiger partial charge in [-0.05, 0) is 73.0 Å². The predicted molar refractivity (Wildman–Crippen MR) is 102 cm³/mol. The fourth-order valence-electron chi connectivity index (χ4n) is 2.88. The molecule has 3 rings (SSSR count). The van der Waals surface area contributed by atoms with E-state index in [1.807, 2.05) is 66.7 Å². The zero-order valence-electron chi connectivity index (χ0n) is 16.8. The highest BCUT2D eigenvalue weighted by Gasteiger charge is 2.51. The van der Waals surface area contributed by atoms with Gasteiger partial charge >= 0.3 is 13.2 Å². The number of imidazole rings is 1. The standard InChI is InChI=1S/C19H27BN2O4/c1-12-21-14-11-13(20-25-18(5,6)19(7,8)26-20)9-10-15(14)22(12)16(23)24-17(2,3)4/h9-11H,1-8H3.